The zero-order valence-corrected chi connectivity index (χ0v) is 10.2. The number of non-ortho nitro benzene ring substituents is 1. The van der Waals surface area contributed by atoms with Gasteiger partial charge in [-0.3, -0.25) is 14.9 Å². The van der Waals surface area contributed by atoms with Gasteiger partial charge in [0.2, 0.25) is 0 Å². The summed E-state index contributed by atoms with van der Waals surface area (Å²) < 4.78 is 9.59. The van der Waals surface area contributed by atoms with Crippen LogP contribution in [0.2, 0.25) is 5.02 Å². The van der Waals surface area contributed by atoms with Crippen LogP contribution in [0.15, 0.2) is 18.2 Å². The normalized spacial score (nSPS) is 11.7. The Hall–Kier alpha value is -1.86. The Morgan fingerprint density at radius 3 is 2.78 bits per heavy atom. The van der Waals surface area contributed by atoms with E-state index in [0.29, 0.717) is 0 Å². The summed E-state index contributed by atoms with van der Waals surface area (Å²) in [6.07, 6.45) is 0. The van der Waals surface area contributed by atoms with Crippen LogP contribution in [0.4, 0.5) is 5.69 Å². The SMILES string of the molecule is COC(=O)C(N)COc1ccc([N+](=O)[O-])cc1Cl. The van der Waals surface area contributed by atoms with Crippen LogP contribution in [-0.4, -0.2) is 30.7 Å². The number of nitro groups is 1. The van der Waals surface area contributed by atoms with Gasteiger partial charge in [0.15, 0.2) is 0 Å². The third-order valence-corrected chi connectivity index (χ3v) is 2.34. The van der Waals surface area contributed by atoms with Crippen molar-refractivity contribution in [2.75, 3.05) is 13.7 Å². The molecule has 7 nitrogen and oxygen atoms in total. The van der Waals surface area contributed by atoms with E-state index in [1.165, 1.54) is 19.2 Å². The number of carbonyl (C=O) groups is 1. The molecule has 1 aromatic rings. The smallest absolute Gasteiger partial charge is 0.326 e. The summed E-state index contributed by atoms with van der Waals surface area (Å²) in [5.41, 5.74) is 5.30. The van der Waals surface area contributed by atoms with Crippen molar-refractivity contribution in [2.24, 2.45) is 5.73 Å². The van der Waals surface area contributed by atoms with Gasteiger partial charge in [-0.2, -0.15) is 0 Å². The molecule has 18 heavy (non-hydrogen) atoms. The summed E-state index contributed by atoms with van der Waals surface area (Å²) in [7, 11) is 1.21. The van der Waals surface area contributed by atoms with Gasteiger partial charge in [-0.15, -0.1) is 0 Å². The van der Waals surface area contributed by atoms with Gasteiger partial charge >= 0.3 is 5.97 Å². The number of esters is 1. The number of nitrogens with two attached hydrogens (primary N) is 1. The van der Waals surface area contributed by atoms with E-state index in [0.717, 1.165) is 6.07 Å². The molecule has 0 radical (unpaired) electrons. The Morgan fingerprint density at radius 2 is 2.28 bits per heavy atom. The summed E-state index contributed by atoms with van der Waals surface area (Å²) in [5.74, 6) is -0.408. The van der Waals surface area contributed by atoms with Gasteiger partial charge < -0.3 is 15.2 Å². The zero-order valence-electron chi connectivity index (χ0n) is 9.46. The quantitative estimate of drug-likeness (QED) is 0.490. The first-order valence-corrected chi connectivity index (χ1v) is 5.23. The average Bonchev–Trinajstić information content (AvgIpc) is 2.35. The lowest BCUT2D eigenvalue weighted by atomic mass is 10.3. The minimum atomic E-state index is -0.943. The second-order valence-corrected chi connectivity index (χ2v) is 3.72. The Kier molecular flexibility index (Phi) is 4.87. The number of nitrogens with zero attached hydrogens (tertiary/aromatic N) is 1. The maximum Gasteiger partial charge on any atom is 0.326 e. The van der Waals surface area contributed by atoms with Crippen LogP contribution in [0, 0.1) is 10.1 Å². The molecule has 0 bridgehead atoms. The van der Waals surface area contributed by atoms with Gasteiger partial charge in [-0.1, -0.05) is 11.6 Å². The predicted octanol–water partition coefficient (Wildman–Crippen LogP) is 1.13. The number of hydrogen-bond acceptors (Lipinski definition) is 6. The summed E-state index contributed by atoms with van der Waals surface area (Å²) in [5, 5.41) is 10.6. The highest BCUT2D eigenvalue weighted by Gasteiger charge is 2.16. The molecule has 98 valence electrons. The third-order valence-electron chi connectivity index (χ3n) is 2.05. The number of ether oxygens (including phenoxy) is 2. The fourth-order valence-corrected chi connectivity index (χ4v) is 1.35. The molecule has 0 aliphatic carbocycles. The molecule has 0 aliphatic rings. The van der Waals surface area contributed by atoms with Gasteiger partial charge in [0.05, 0.1) is 17.1 Å². The molecule has 1 unspecified atom stereocenters. The molecule has 2 N–H and O–H groups in total. The molecule has 0 aromatic heterocycles. The van der Waals surface area contributed by atoms with Crippen LogP contribution in [0.3, 0.4) is 0 Å². The van der Waals surface area contributed by atoms with E-state index in [4.69, 9.17) is 22.1 Å². The molecule has 0 aliphatic heterocycles. The lowest BCUT2D eigenvalue weighted by Gasteiger charge is -2.11. The Balaban J connectivity index is 2.69. The molecule has 0 heterocycles. The zero-order chi connectivity index (χ0) is 13.7. The standard InChI is InChI=1S/C10H11ClN2O5/c1-17-10(14)8(12)5-18-9-3-2-6(13(15)16)4-7(9)11/h2-4,8H,5,12H2,1H3. The number of rotatable bonds is 5. The highest BCUT2D eigenvalue weighted by molar-refractivity contribution is 6.32. The summed E-state index contributed by atoms with van der Waals surface area (Å²) in [6, 6.07) is 2.79. The monoisotopic (exact) mass is 274 g/mol. The molecule has 0 saturated carbocycles. The lowest BCUT2D eigenvalue weighted by Crippen LogP contribution is -2.37. The number of nitro benzene ring substituents is 1. The van der Waals surface area contributed by atoms with Crippen molar-refractivity contribution in [1.82, 2.24) is 0 Å². The number of benzene rings is 1. The van der Waals surface area contributed by atoms with Crippen LogP contribution < -0.4 is 10.5 Å². The molecular formula is C10H11ClN2O5. The number of carbonyl (C=O) groups excluding carboxylic acids is 1. The molecule has 8 heteroatoms. The van der Waals surface area contributed by atoms with Crippen molar-refractivity contribution in [3.8, 4) is 5.75 Å². The molecular weight excluding hydrogens is 264 g/mol. The van der Waals surface area contributed by atoms with Crippen LogP contribution >= 0.6 is 11.6 Å². The van der Waals surface area contributed by atoms with Gasteiger partial charge in [0.25, 0.3) is 5.69 Å². The summed E-state index contributed by atoms with van der Waals surface area (Å²) >= 11 is 5.78. The fraction of sp³-hybridized carbons (Fsp3) is 0.300. The van der Waals surface area contributed by atoms with Crippen molar-refractivity contribution in [2.45, 2.75) is 6.04 Å². The first-order chi connectivity index (χ1) is 8.45. The highest BCUT2D eigenvalue weighted by atomic mass is 35.5. The van der Waals surface area contributed by atoms with Gasteiger partial charge in [0.1, 0.15) is 18.4 Å². The number of hydrogen-bond donors (Lipinski definition) is 1. The van der Waals surface area contributed by atoms with Crippen LogP contribution in [0.25, 0.3) is 0 Å². The minimum absolute atomic E-state index is 0.0706. The second-order valence-electron chi connectivity index (χ2n) is 3.31. The molecule has 1 rings (SSSR count). The fourth-order valence-electron chi connectivity index (χ4n) is 1.12. The Labute approximate surface area is 108 Å². The van der Waals surface area contributed by atoms with E-state index in [-0.39, 0.29) is 23.1 Å². The van der Waals surface area contributed by atoms with Crippen molar-refractivity contribution >= 4 is 23.3 Å². The largest absolute Gasteiger partial charge is 0.490 e. The maximum absolute atomic E-state index is 11.0. The van der Waals surface area contributed by atoms with E-state index in [1.807, 2.05) is 0 Å². The van der Waals surface area contributed by atoms with Crippen molar-refractivity contribution in [3.63, 3.8) is 0 Å². The molecule has 0 amide bonds. The Bertz CT molecular complexity index is 466. The third kappa shape index (κ3) is 3.57. The number of halogens is 1. The van der Waals surface area contributed by atoms with E-state index < -0.39 is 16.9 Å². The molecule has 0 spiro atoms. The highest BCUT2D eigenvalue weighted by Crippen LogP contribution is 2.28. The van der Waals surface area contributed by atoms with E-state index >= 15 is 0 Å². The first-order valence-electron chi connectivity index (χ1n) is 4.86. The molecule has 0 saturated heterocycles. The maximum atomic E-state index is 11.0. The predicted molar refractivity (Wildman–Crippen MR) is 63.6 cm³/mol. The molecule has 0 fully saturated rings. The van der Waals surface area contributed by atoms with Gasteiger partial charge in [-0.25, -0.2) is 0 Å². The van der Waals surface area contributed by atoms with Crippen molar-refractivity contribution in [1.29, 1.82) is 0 Å². The lowest BCUT2D eigenvalue weighted by molar-refractivity contribution is -0.384. The van der Waals surface area contributed by atoms with E-state index in [1.54, 1.807) is 0 Å². The van der Waals surface area contributed by atoms with Crippen LogP contribution in [-0.2, 0) is 9.53 Å². The average molecular weight is 275 g/mol. The van der Waals surface area contributed by atoms with Crippen molar-refractivity contribution < 1.29 is 19.2 Å². The number of methoxy groups -OCH3 is 1. The molecule has 1 atom stereocenters. The van der Waals surface area contributed by atoms with Crippen LogP contribution in [0.1, 0.15) is 0 Å². The van der Waals surface area contributed by atoms with E-state index in [2.05, 4.69) is 4.74 Å². The topological polar surface area (TPSA) is 105 Å². The summed E-state index contributed by atoms with van der Waals surface area (Å²) in [4.78, 5) is 20.9. The van der Waals surface area contributed by atoms with Gasteiger partial charge in [0, 0.05) is 12.1 Å². The first kappa shape index (κ1) is 14.2. The minimum Gasteiger partial charge on any atom is -0.490 e. The second kappa shape index (κ2) is 6.18. The van der Waals surface area contributed by atoms with Gasteiger partial charge in [-0.05, 0) is 6.07 Å². The van der Waals surface area contributed by atoms with Crippen LogP contribution in [0.5, 0.6) is 5.75 Å². The van der Waals surface area contributed by atoms with Crippen molar-refractivity contribution in [3.05, 3.63) is 33.3 Å². The summed E-state index contributed by atoms with van der Waals surface area (Å²) in [6.45, 7) is -0.135. The van der Waals surface area contributed by atoms with E-state index in [9.17, 15) is 14.9 Å². The molecule has 1 aromatic carbocycles. The Morgan fingerprint density at radius 1 is 1.61 bits per heavy atom.